The molecule has 0 aliphatic heterocycles. The minimum absolute atomic E-state index is 0.00891. The largest absolute Gasteiger partial charge is 0.488 e. The van der Waals surface area contributed by atoms with Crippen molar-refractivity contribution in [2.24, 2.45) is 0 Å². The summed E-state index contributed by atoms with van der Waals surface area (Å²) < 4.78 is 45.0. The van der Waals surface area contributed by atoms with Crippen LogP contribution < -0.4 is 4.74 Å². The van der Waals surface area contributed by atoms with Gasteiger partial charge in [-0.2, -0.15) is 8.42 Å². The average Bonchev–Trinajstić information content (AvgIpc) is 2.65. The maximum atomic E-state index is 12.3. The number of fused-ring (bicyclic) bond motifs is 1. The van der Waals surface area contributed by atoms with Gasteiger partial charge in [-0.1, -0.05) is 30.3 Å². The number of hydrogen-bond acceptors (Lipinski definition) is 5. The van der Waals surface area contributed by atoms with Gasteiger partial charge in [-0.05, 0) is 96.7 Å². The van der Waals surface area contributed by atoms with Gasteiger partial charge in [0.15, 0.2) is 0 Å². The van der Waals surface area contributed by atoms with Crippen molar-refractivity contribution in [1.82, 2.24) is 0 Å². The zero-order chi connectivity index (χ0) is 21.2. The van der Waals surface area contributed by atoms with Crippen LogP contribution in [0.5, 0.6) is 5.75 Å². The van der Waals surface area contributed by atoms with Gasteiger partial charge in [0, 0.05) is 3.57 Å². The summed E-state index contributed by atoms with van der Waals surface area (Å²) >= 11 is 5.68. The van der Waals surface area contributed by atoms with Crippen LogP contribution in [0, 0.1) is 10.7 Å². The van der Waals surface area contributed by atoms with Crippen LogP contribution in [-0.4, -0.2) is 32.2 Å². The monoisotopic (exact) mass is 750 g/mol. The highest BCUT2D eigenvalue weighted by Crippen LogP contribution is 2.36. The molecule has 6 nitrogen and oxygen atoms in total. The van der Waals surface area contributed by atoms with E-state index in [0.717, 1.165) is 10.8 Å². The number of ether oxygens (including phenoxy) is 2. The van der Waals surface area contributed by atoms with Crippen molar-refractivity contribution >= 4 is 94.6 Å². The molecule has 3 rings (SSSR count). The van der Waals surface area contributed by atoms with Crippen molar-refractivity contribution in [2.75, 3.05) is 13.2 Å². The Balaban J connectivity index is 1.66. The Morgan fingerprint density at radius 2 is 1.62 bits per heavy atom. The van der Waals surface area contributed by atoms with E-state index in [1.165, 1.54) is 0 Å². The van der Waals surface area contributed by atoms with Gasteiger partial charge in [-0.15, -0.1) is 0 Å². The maximum absolute atomic E-state index is 12.3. The van der Waals surface area contributed by atoms with E-state index in [9.17, 15) is 17.8 Å². The van der Waals surface area contributed by atoms with E-state index in [2.05, 4.69) is 0 Å². The third kappa shape index (κ3) is 5.51. The molecule has 29 heavy (non-hydrogen) atoms. The van der Waals surface area contributed by atoms with Crippen LogP contribution in [0.1, 0.15) is 10.4 Å². The molecule has 0 heterocycles. The summed E-state index contributed by atoms with van der Waals surface area (Å²) in [5, 5.41) is 1.98. The second kappa shape index (κ2) is 9.62. The molecule has 0 bridgehead atoms. The molecule has 0 aliphatic rings. The lowest BCUT2D eigenvalue weighted by Crippen LogP contribution is -2.14. The van der Waals surface area contributed by atoms with E-state index >= 15 is 0 Å². The van der Waals surface area contributed by atoms with Gasteiger partial charge in [0.05, 0.1) is 12.7 Å². The zero-order valence-corrected chi connectivity index (χ0v) is 21.9. The quantitative estimate of drug-likeness (QED) is 0.163. The highest BCUT2D eigenvalue weighted by molar-refractivity contribution is 14.1. The summed E-state index contributed by atoms with van der Waals surface area (Å²) in [7, 11) is -4.39. The predicted molar refractivity (Wildman–Crippen MR) is 134 cm³/mol. The first-order valence-corrected chi connectivity index (χ1v) is 12.8. The normalized spacial score (nSPS) is 11.4. The third-order valence-electron chi connectivity index (χ3n) is 3.89. The van der Waals surface area contributed by atoms with Crippen LogP contribution >= 0.6 is 67.8 Å². The molecule has 10 heteroatoms. The number of halogens is 3. The van der Waals surface area contributed by atoms with Crippen molar-refractivity contribution in [2.45, 2.75) is 4.90 Å². The molecule has 0 fully saturated rings. The molecule has 3 aromatic rings. The Morgan fingerprint density at radius 1 is 0.931 bits per heavy atom. The van der Waals surface area contributed by atoms with Crippen LogP contribution in [0.25, 0.3) is 10.8 Å². The van der Waals surface area contributed by atoms with Crippen molar-refractivity contribution in [3.63, 3.8) is 0 Å². The van der Waals surface area contributed by atoms with Gasteiger partial charge < -0.3 is 9.47 Å². The summed E-state index contributed by atoms with van der Waals surface area (Å²) in [6.07, 6.45) is 0. The van der Waals surface area contributed by atoms with Crippen LogP contribution in [-0.2, 0) is 14.9 Å². The van der Waals surface area contributed by atoms with E-state index in [0.29, 0.717) is 18.5 Å². The number of benzene rings is 3. The summed E-state index contributed by atoms with van der Waals surface area (Å²) in [6.45, 7) is 0.0296. The summed E-state index contributed by atoms with van der Waals surface area (Å²) in [5.74, 6) is -0.147. The van der Waals surface area contributed by atoms with Gasteiger partial charge in [-0.3, -0.25) is 4.55 Å². The smallest absolute Gasteiger partial charge is 0.338 e. The van der Waals surface area contributed by atoms with Crippen LogP contribution in [0.15, 0.2) is 53.4 Å². The number of carbonyl (C=O) groups is 1. The van der Waals surface area contributed by atoms with Crippen molar-refractivity contribution in [1.29, 1.82) is 0 Å². The van der Waals surface area contributed by atoms with E-state index in [-0.39, 0.29) is 21.7 Å². The molecule has 0 spiro atoms. The molecule has 1 N–H and O–H groups in total. The number of esters is 1. The van der Waals surface area contributed by atoms with Crippen LogP contribution in [0.4, 0.5) is 0 Å². The first kappa shape index (κ1) is 23.0. The minimum Gasteiger partial charge on any atom is -0.488 e. The fourth-order valence-electron chi connectivity index (χ4n) is 2.60. The van der Waals surface area contributed by atoms with Gasteiger partial charge in [-0.25, -0.2) is 4.79 Å². The lowest BCUT2D eigenvalue weighted by Gasteiger charge is -2.14. The van der Waals surface area contributed by atoms with Gasteiger partial charge in [0.2, 0.25) is 0 Å². The Kier molecular flexibility index (Phi) is 7.61. The lowest BCUT2D eigenvalue weighted by molar-refractivity contribution is 0.0449. The Labute approximate surface area is 208 Å². The topological polar surface area (TPSA) is 89.9 Å². The lowest BCUT2D eigenvalue weighted by atomic mass is 10.1. The number of carbonyl (C=O) groups excluding carboxylic acids is 1. The second-order valence-electron chi connectivity index (χ2n) is 5.83. The fourth-order valence-corrected chi connectivity index (χ4v) is 8.58. The van der Waals surface area contributed by atoms with E-state index < -0.39 is 16.1 Å². The number of rotatable bonds is 6. The maximum Gasteiger partial charge on any atom is 0.338 e. The summed E-state index contributed by atoms with van der Waals surface area (Å²) in [4.78, 5) is 12.1. The first-order chi connectivity index (χ1) is 13.7. The molecular formula is C19H13I3O6S. The summed E-state index contributed by atoms with van der Waals surface area (Å²) in [5.41, 5.74) is 0.441. The zero-order valence-electron chi connectivity index (χ0n) is 14.6. The Bertz CT molecular complexity index is 1190. The fraction of sp³-hybridized carbons (Fsp3) is 0.105. The minimum atomic E-state index is -4.39. The van der Waals surface area contributed by atoms with Crippen molar-refractivity contribution in [3.05, 3.63) is 64.8 Å². The van der Waals surface area contributed by atoms with Crippen LogP contribution in [0.3, 0.4) is 0 Å². The third-order valence-corrected chi connectivity index (χ3v) is 8.25. The van der Waals surface area contributed by atoms with Crippen molar-refractivity contribution < 1.29 is 27.2 Å². The SMILES string of the molecule is O=C(OCCOc1c(I)cc(I)c(S(=O)(=O)O)c1I)c1ccc2ccccc2c1. The molecule has 0 unspecified atom stereocenters. The molecule has 0 atom stereocenters. The summed E-state index contributed by atoms with van der Waals surface area (Å²) in [6, 6.07) is 14.6. The van der Waals surface area contributed by atoms with E-state index in [1.54, 1.807) is 18.2 Å². The van der Waals surface area contributed by atoms with Crippen LogP contribution in [0.2, 0.25) is 0 Å². The highest BCUT2D eigenvalue weighted by Gasteiger charge is 2.24. The molecule has 0 radical (unpaired) electrons. The second-order valence-corrected chi connectivity index (χ2v) is 10.6. The molecule has 3 aromatic carbocycles. The molecule has 0 aliphatic carbocycles. The average molecular weight is 750 g/mol. The molecule has 152 valence electrons. The first-order valence-electron chi connectivity index (χ1n) is 8.12. The van der Waals surface area contributed by atoms with Crippen molar-refractivity contribution in [3.8, 4) is 5.75 Å². The predicted octanol–water partition coefficient (Wildman–Crippen LogP) is 5.14. The Morgan fingerprint density at radius 3 is 2.31 bits per heavy atom. The molecule has 0 saturated carbocycles. The number of hydrogen-bond donors (Lipinski definition) is 1. The molecule has 0 saturated heterocycles. The van der Waals surface area contributed by atoms with Gasteiger partial charge in [0.25, 0.3) is 10.1 Å². The van der Waals surface area contributed by atoms with Gasteiger partial charge in [0.1, 0.15) is 23.9 Å². The standard InChI is InChI=1S/C19H13I3O6S/c20-14-10-15(21)18(29(24,25)26)16(22)17(14)27-7-8-28-19(23)13-6-5-11-3-1-2-4-12(11)9-13/h1-6,9-10H,7-8H2,(H,24,25,26). The molecular weight excluding hydrogens is 737 g/mol. The highest BCUT2D eigenvalue weighted by atomic mass is 127. The Hall–Kier alpha value is -0.710. The van der Waals surface area contributed by atoms with E-state index in [4.69, 9.17) is 9.47 Å². The van der Waals surface area contributed by atoms with Gasteiger partial charge >= 0.3 is 5.97 Å². The molecule has 0 amide bonds. The molecule has 0 aromatic heterocycles. The van der Waals surface area contributed by atoms with E-state index in [1.807, 2.05) is 98.1 Å².